The highest BCUT2D eigenvalue weighted by molar-refractivity contribution is 6.08. The molecule has 0 heterocycles. The zero-order valence-corrected chi connectivity index (χ0v) is 13.2. The summed E-state index contributed by atoms with van der Waals surface area (Å²) < 4.78 is 4.54. The number of benzene rings is 2. The van der Waals surface area contributed by atoms with Gasteiger partial charge in [0.1, 0.15) is 0 Å². The van der Waals surface area contributed by atoms with Gasteiger partial charge in [-0.2, -0.15) is 0 Å². The maximum atomic E-state index is 12.6. The van der Waals surface area contributed by atoms with E-state index in [0.29, 0.717) is 17.8 Å². The van der Waals surface area contributed by atoms with E-state index in [1.54, 1.807) is 48.5 Å². The number of ketones is 1. The summed E-state index contributed by atoms with van der Waals surface area (Å²) in [5, 5.41) is 0. The highest BCUT2D eigenvalue weighted by atomic mass is 16.5. The monoisotopic (exact) mass is 326 g/mol. The second-order valence-corrected chi connectivity index (χ2v) is 5.08. The topological polar surface area (TPSA) is 89.7 Å². The molecule has 2 rings (SSSR count). The highest BCUT2D eigenvalue weighted by Crippen LogP contribution is 2.28. The Bertz CT molecular complexity index is 731. The van der Waals surface area contributed by atoms with Crippen LogP contribution >= 0.6 is 0 Å². The third-order valence-electron chi connectivity index (χ3n) is 3.52. The molecule has 2 aromatic rings. The van der Waals surface area contributed by atoms with Crippen LogP contribution in [-0.2, 0) is 14.3 Å². The zero-order valence-electron chi connectivity index (χ0n) is 13.2. The first-order valence-corrected chi connectivity index (χ1v) is 7.33. The molecule has 0 aliphatic carbocycles. The number of ether oxygens (including phenoxy) is 1. The van der Waals surface area contributed by atoms with Crippen LogP contribution in [0.3, 0.4) is 0 Å². The van der Waals surface area contributed by atoms with Gasteiger partial charge in [-0.15, -0.1) is 0 Å². The molecular formula is C18H18N2O4. The Labute approximate surface area is 139 Å². The van der Waals surface area contributed by atoms with Gasteiger partial charge < -0.3 is 10.5 Å². The van der Waals surface area contributed by atoms with Crippen LogP contribution in [0.1, 0.15) is 16.8 Å². The summed E-state index contributed by atoms with van der Waals surface area (Å²) in [6.07, 6.45) is 0.406. The third-order valence-corrected chi connectivity index (χ3v) is 3.52. The smallest absolute Gasteiger partial charge is 0.307 e. The number of nitrogens with zero attached hydrogens (tertiary/aromatic N) is 1. The molecule has 0 aliphatic rings. The molecule has 1 amide bonds. The van der Waals surface area contributed by atoms with Gasteiger partial charge in [-0.1, -0.05) is 30.3 Å². The van der Waals surface area contributed by atoms with Crippen molar-refractivity contribution in [2.75, 3.05) is 12.0 Å². The average molecular weight is 326 g/mol. The van der Waals surface area contributed by atoms with Crippen molar-refractivity contribution >= 4 is 29.5 Å². The molecule has 1 atom stereocenters. The van der Waals surface area contributed by atoms with E-state index in [9.17, 15) is 14.4 Å². The molecule has 0 saturated carbocycles. The van der Waals surface area contributed by atoms with Gasteiger partial charge in [0.25, 0.3) is 0 Å². The summed E-state index contributed by atoms with van der Waals surface area (Å²) in [7, 11) is 1.23. The van der Waals surface area contributed by atoms with Crippen molar-refractivity contribution in [1.82, 2.24) is 0 Å². The normalized spacial score (nSPS) is 11.4. The molecule has 0 saturated heterocycles. The Morgan fingerprint density at radius 3 is 2.38 bits per heavy atom. The van der Waals surface area contributed by atoms with Gasteiger partial charge in [-0.25, -0.2) is 0 Å². The number of carbonyl (C=O) groups excluding carboxylic acids is 3. The summed E-state index contributed by atoms with van der Waals surface area (Å²) in [6.45, 7) is 0. The van der Waals surface area contributed by atoms with Gasteiger partial charge in [0.15, 0.2) is 5.78 Å². The second kappa shape index (κ2) is 8.03. The van der Waals surface area contributed by atoms with E-state index >= 15 is 0 Å². The van der Waals surface area contributed by atoms with Crippen LogP contribution in [0.25, 0.3) is 0 Å². The molecule has 124 valence electrons. The predicted octanol–water partition coefficient (Wildman–Crippen LogP) is 2.05. The Hall–Kier alpha value is -2.99. The summed E-state index contributed by atoms with van der Waals surface area (Å²) in [5.41, 5.74) is 7.11. The minimum Gasteiger partial charge on any atom is -0.469 e. The number of carbonyl (C=O) groups is 3. The van der Waals surface area contributed by atoms with Gasteiger partial charge in [0.2, 0.25) is 6.41 Å². The molecule has 0 aromatic heterocycles. The van der Waals surface area contributed by atoms with Gasteiger partial charge in [0.05, 0.1) is 25.3 Å². The molecule has 6 heteroatoms. The largest absolute Gasteiger partial charge is 0.469 e. The molecule has 2 aromatic carbocycles. The van der Waals surface area contributed by atoms with Crippen molar-refractivity contribution < 1.29 is 19.1 Å². The minimum atomic E-state index is -1.04. The van der Waals surface area contributed by atoms with E-state index in [0.717, 1.165) is 0 Å². The standard InChI is InChI=1S/C18H18N2O4/c1-24-17(22)11-15(19)18(23)14-9-5-6-10-16(14)20(12-21)13-7-3-2-4-8-13/h2-10,12,15H,11,19H2,1H3/t15-/m0/s1. The van der Waals surface area contributed by atoms with Crippen LogP contribution in [0.2, 0.25) is 0 Å². The Balaban J connectivity index is 2.38. The van der Waals surface area contributed by atoms with Crippen LogP contribution in [0, 0.1) is 0 Å². The quantitative estimate of drug-likeness (QED) is 0.478. The minimum absolute atomic E-state index is 0.226. The van der Waals surface area contributed by atoms with Crippen LogP contribution in [0.15, 0.2) is 54.6 Å². The van der Waals surface area contributed by atoms with E-state index in [2.05, 4.69) is 4.74 Å². The molecule has 0 bridgehead atoms. The number of nitrogens with two attached hydrogens (primary N) is 1. The first-order valence-electron chi connectivity index (χ1n) is 7.33. The molecule has 0 spiro atoms. The lowest BCUT2D eigenvalue weighted by atomic mass is 10.00. The van der Waals surface area contributed by atoms with Crippen molar-refractivity contribution in [3.8, 4) is 0 Å². The van der Waals surface area contributed by atoms with E-state index in [1.165, 1.54) is 12.0 Å². The predicted molar refractivity (Wildman–Crippen MR) is 90.0 cm³/mol. The third kappa shape index (κ3) is 3.85. The maximum Gasteiger partial charge on any atom is 0.307 e. The number of Topliss-reactive ketones (excluding diaryl/α,β-unsaturated/α-hetero) is 1. The van der Waals surface area contributed by atoms with Crippen molar-refractivity contribution in [2.45, 2.75) is 12.5 Å². The Kier molecular flexibility index (Phi) is 5.81. The maximum absolute atomic E-state index is 12.6. The molecule has 6 nitrogen and oxygen atoms in total. The number of amides is 1. The first kappa shape index (κ1) is 17.4. The van der Waals surface area contributed by atoms with Gasteiger partial charge in [-0.3, -0.25) is 19.3 Å². The van der Waals surface area contributed by atoms with Gasteiger partial charge >= 0.3 is 5.97 Å². The summed E-state index contributed by atoms with van der Waals surface area (Å²) >= 11 is 0. The van der Waals surface area contributed by atoms with E-state index in [1.807, 2.05) is 6.07 Å². The summed E-state index contributed by atoms with van der Waals surface area (Å²) in [5.74, 6) is -0.998. The Morgan fingerprint density at radius 1 is 1.12 bits per heavy atom. The fourth-order valence-electron chi connectivity index (χ4n) is 2.29. The molecule has 0 radical (unpaired) electrons. The van der Waals surface area contributed by atoms with Crippen LogP contribution in [-0.4, -0.2) is 31.3 Å². The number of anilines is 2. The van der Waals surface area contributed by atoms with Crippen molar-refractivity contribution in [3.05, 3.63) is 60.2 Å². The van der Waals surface area contributed by atoms with Crippen molar-refractivity contribution in [3.63, 3.8) is 0 Å². The molecule has 0 unspecified atom stereocenters. The van der Waals surface area contributed by atoms with Gasteiger partial charge in [0, 0.05) is 11.3 Å². The lowest BCUT2D eigenvalue weighted by molar-refractivity contribution is -0.140. The number of hydrogen-bond acceptors (Lipinski definition) is 5. The van der Waals surface area contributed by atoms with Crippen LogP contribution in [0.4, 0.5) is 11.4 Å². The molecule has 24 heavy (non-hydrogen) atoms. The fourth-order valence-corrected chi connectivity index (χ4v) is 2.29. The van der Waals surface area contributed by atoms with E-state index < -0.39 is 17.8 Å². The number of esters is 1. The number of methoxy groups -OCH3 is 1. The molecule has 0 aliphatic heterocycles. The molecule has 0 fully saturated rings. The first-order chi connectivity index (χ1) is 11.6. The SMILES string of the molecule is COC(=O)C[C@H](N)C(=O)c1ccccc1N(C=O)c1ccccc1. The molecular weight excluding hydrogens is 308 g/mol. The summed E-state index contributed by atoms with van der Waals surface area (Å²) in [6, 6.07) is 14.5. The van der Waals surface area contributed by atoms with Gasteiger partial charge in [-0.05, 0) is 24.3 Å². The zero-order chi connectivity index (χ0) is 17.5. The average Bonchev–Trinajstić information content (AvgIpc) is 2.63. The second-order valence-electron chi connectivity index (χ2n) is 5.08. The lowest BCUT2D eigenvalue weighted by Gasteiger charge is -2.21. The van der Waals surface area contributed by atoms with E-state index in [-0.39, 0.29) is 12.0 Å². The highest BCUT2D eigenvalue weighted by Gasteiger charge is 2.24. The number of hydrogen-bond donors (Lipinski definition) is 1. The molecule has 2 N–H and O–H groups in total. The van der Waals surface area contributed by atoms with Crippen LogP contribution < -0.4 is 10.6 Å². The van der Waals surface area contributed by atoms with E-state index in [4.69, 9.17) is 5.73 Å². The fraction of sp³-hybridized carbons (Fsp3) is 0.167. The van der Waals surface area contributed by atoms with Crippen molar-refractivity contribution in [2.24, 2.45) is 5.73 Å². The number of rotatable bonds is 7. The lowest BCUT2D eigenvalue weighted by Crippen LogP contribution is -2.34. The summed E-state index contributed by atoms with van der Waals surface area (Å²) in [4.78, 5) is 36.9. The number of para-hydroxylation sites is 2. The van der Waals surface area contributed by atoms with Crippen LogP contribution in [0.5, 0.6) is 0 Å². The van der Waals surface area contributed by atoms with Crippen molar-refractivity contribution in [1.29, 1.82) is 0 Å². The Morgan fingerprint density at radius 2 is 1.75 bits per heavy atom.